The van der Waals surface area contributed by atoms with Crippen LogP contribution in [0, 0.1) is 5.82 Å². The first-order chi connectivity index (χ1) is 9.13. The summed E-state index contributed by atoms with van der Waals surface area (Å²) in [6, 6.07) is 8.65. The maximum absolute atomic E-state index is 13.5. The summed E-state index contributed by atoms with van der Waals surface area (Å²) >= 11 is 0. The molecule has 3 rings (SSSR count). The second-order valence-corrected chi connectivity index (χ2v) is 3.91. The van der Waals surface area contributed by atoms with Crippen LogP contribution in [0.3, 0.4) is 0 Å². The molecule has 94 valence electrons. The summed E-state index contributed by atoms with van der Waals surface area (Å²) in [4.78, 5) is 11.7. The molecule has 0 saturated carbocycles. The van der Waals surface area contributed by atoms with Crippen molar-refractivity contribution in [2.75, 3.05) is 0 Å². The van der Waals surface area contributed by atoms with Gasteiger partial charge in [0.15, 0.2) is 5.82 Å². The van der Waals surface area contributed by atoms with E-state index in [0.29, 0.717) is 16.6 Å². The maximum atomic E-state index is 13.5. The van der Waals surface area contributed by atoms with Crippen LogP contribution in [-0.4, -0.2) is 25.2 Å². The molecule has 2 N–H and O–H groups in total. The summed E-state index contributed by atoms with van der Waals surface area (Å²) in [5.41, 5.74) is 0.785. The fourth-order valence-electron chi connectivity index (χ4n) is 1.78. The van der Waals surface area contributed by atoms with Crippen molar-refractivity contribution in [2.24, 2.45) is 0 Å². The van der Waals surface area contributed by atoms with E-state index in [-0.39, 0.29) is 23.4 Å². The van der Waals surface area contributed by atoms with Crippen LogP contribution in [0.4, 0.5) is 4.39 Å². The van der Waals surface area contributed by atoms with E-state index in [1.54, 1.807) is 18.2 Å². The van der Waals surface area contributed by atoms with Gasteiger partial charge in [-0.1, -0.05) is 6.07 Å². The molecule has 0 aliphatic rings. The van der Waals surface area contributed by atoms with Crippen LogP contribution >= 0.6 is 0 Å². The summed E-state index contributed by atoms with van der Waals surface area (Å²) in [5, 5.41) is 19.0. The zero-order chi connectivity index (χ0) is 13.4. The molecule has 5 nitrogen and oxygen atoms in total. The third-order valence-corrected chi connectivity index (χ3v) is 2.61. The van der Waals surface area contributed by atoms with Gasteiger partial charge in [-0.05, 0) is 24.3 Å². The Bertz CT molecular complexity index is 757. The zero-order valence-corrected chi connectivity index (χ0v) is 9.58. The van der Waals surface area contributed by atoms with E-state index >= 15 is 0 Å². The van der Waals surface area contributed by atoms with E-state index in [4.69, 9.17) is 0 Å². The Morgan fingerprint density at radius 2 is 1.63 bits per heavy atom. The largest absolute Gasteiger partial charge is 0.493 e. The lowest BCUT2D eigenvalue weighted by Gasteiger charge is -2.03. The summed E-state index contributed by atoms with van der Waals surface area (Å²) in [7, 11) is 0. The number of hydrogen-bond acceptors (Lipinski definition) is 5. The Hall–Kier alpha value is -2.76. The number of benzene rings is 1. The molecule has 0 aliphatic heterocycles. The molecule has 3 aromatic rings. The van der Waals surface area contributed by atoms with Crippen molar-refractivity contribution in [3.05, 3.63) is 42.2 Å². The first-order valence-corrected chi connectivity index (χ1v) is 5.46. The van der Waals surface area contributed by atoms with Crippen LogP contribution in [0.25, 0.3) is 22.4 Å². The minimum atomic E-state index is -0.365. The standard InChI is InChI=1S/C13H8FN3O2/c14-8-2-1-3-9-7(8)4-5-10(15-9)13-16-11(18)6-12(19)17-13/h1-6H,(H2,16,17,18,19). The smallest absolute Gasteiger partial charge is 0.218 e. The van der Waals surface area contributed by atoms with Crippen LogP contribution in [0.1, 0.15) is 0 Å². The highest BCUT2D eigenvalue weighted by atomic mass is 19.1. The van der Waals surface area contributed by atoms with Crippen molar-refractivity contribution >= 4 is 10.9 Å². The van der Waals surface area contributed by atoms with Gasteiger partial charge in [0.2, 0.25) is 11.8 Å². The molecule has 0 bridgehead atoms. The van der Waals surface area contributed by atoms with Gasteiger partial charge in [0.25, 0.3) is 0 Å². The lowest BCUT2D eigenvalue weighted by molar-refractivity contribution is 0.423. The summed E-state index contributed by atoms with van der Waals surface area (Å²) < 4.78 is 13.5. The molecule has 2 aromatic heterocycles. The Labute approximate surface area is 107 Å². The molecule has 6 heteroatoms. The molecule has 0 saturated heterocycles. The fraction of sp³-hybridized carbons (Fsp3) is 0. The van der Waals surface area contributed by atoms with Crippen molar-refractivity contribution in [1.29, 1.82) is 0 Å². The van der Waals surface area contributed by atoms with Gasteiger partial charge in [0, 0.05) is 5.39 Å². The van der Waals surface area contributed by atoms with Gasteiger partial charge in [0.05, 0.1) is 11.6 Å². The second kappa shape index (κ2) is 4.16. The van der Waals surface area contributed by atoms with Crippen molar-refractivity contribution < 1.29 is 14.6 Å². The van der Waals surface area contributed by atoms with Crippen molar-refractivity contribution in [2.45, 2.75) is 0 Å². The van der Waals surface area contributed by atoms with Gasteiger partial charge >= 0.3 is 0 Å². The highest BCUT2D eigenvalue weighted by Gasteiger charge is 2.09. The number of rotatable bonds is 1. The Kier molecular flexibility index (Phi) is 2.49. The molecule has 0 atom stereocenters. The molecule has 2 heterocycles. The first kappa shape index (κ1) is 11.3. The molecule has 0 amide bonds. The Balaban J connectivity index is 2.20. The van der Waals surface area contributed by atoms with E-state index < -0.39 is 0 Å². The third-order valence-electron chi connectivity index (χ3n) is 2.61. The highest BCUT2D eigenvalue weighted by Crippen LogP contribution is 2.23. The lowest BCUT2D eigenvalue weighted by atomic mass is 10.2. The number of halogens is 1. The highest BCUT2D eigenvalue weighted by molar-refractivity contribution is 5.81. The molecule has 19 heavy (non-hydrogen) atoms. The predicted octanol–water partition coefficient (Wildman–Crippen LogP) is 2.24. The number of hydrogen-bond donors (Lipinski definition) is 2. The average molecular weight is 257 g/mol. The van der Waals surface area contributed by atoms with E-state index in [1.165, 1.54) is 12.1 Å². The summed E-state index contributed by atoms with van der Waals surface area (Å²) in [6.07, 6.45) is 0. The van der Waals surface area contributed by atoms with Gasteiger partial charge in [0.1, 0.15) is 11.5 Å². The molecule has 0 spiro atoms. The molecule has 0 aliphatic carbocycles. The molecule has 1 aromatic carbocycles. The first-order valence-electron chi connectivity index (χ1n) is 5.46. The predicted molar refractivity (Wildman–Crippen MR) is 66.1 cm³/mol. The normalized spacial score (nSPS) is 10.8. The monoisotopic (exact) mass is 257 g/mol. The number of nitrogens with zero attached hydrogens (tertiary/aromatic N) is 3. The topological polar surface area (TPSA) is 79.1 Å². The number of fused-ring (bicyclic) bond motifs is 1. The van der Waals surface area contributed by atoms with E-state index in [1.807, 2.05) is 0 Å². The number of aromatic hydroxyl groups is 2. The van der Waals surface area contributed by atoms with Gasteiger partial charge < -0.3 is 10.2 Å². The van der Waals surface area contributed by atoms with Crippen LogP contribution in [0.2, 0.25) is 0 Å². The second-order valence-electron chi connectivity index (χ2n) is 3.91. The molecular weight excluding hydrogens is 249 g/mol. The van der Waals surface area contributed by atoms with Gasteiger partial charge in [-0.25, -0.2) is 9.37 Å². The average Bonchev–Trinajstić information content (AvgIpc) is 2.37. The molecule has 0 unspecified atom stereocenters. The van der Waals surface area contributed by atoms with Gasteiger partial charge in [-0.3, -0.25) is 0 Å². The quantitative estimate of drug-likeness (QED) is 0.699. The summed E-state index contributed by atoms with van der Waals surface area (Å²) in [5.74, 6) is -1.01. The molecular formula is C13H8FN3O2. The van der Waals surface area contributed by atoms with Crippen molar-refractivity contribution in [3.8, 4) is 23.3 Å². The van der Waals surface area contributed by atoms with E-state index in [0.717, 1.165) is 6.07 Å². The van der Waals surface area contributed by atoms with Crippen LogP contribution in [0.5, 0.6) is 11.8 Å². The van der Waals surface area contributed by atoms with E-state index in [9.17, 15) is 14.6 Å². The third kappa shape index (κ3) is 2.03. The van der Waals surface area contributed by atoms with Gasteiger partial charge in [-0.15, -0.1) is 0 Å². The Morgan fingerprint density at radius 1 is 0.895 bits per heavy atom. The van der Waals surface area contributed by atoms with Crippen LogP contribution in [0.15, 0.2) is 36.4 Å². The minimum absolute atomic E-state index is 0.0728. The molecule has 0 fully saturated rings. The Morgan fingerprint density at radius 3 is 2.37 bits per heavy atom. The lowest BCUT2D eigenvalue weighted by Crippen LogP contribution is -1.93. The van der Waals surface area contributed by atoms with Crippen molar-refractivity contribution in [3.63, 3.8) is 0 Å². The van der Waals surface area contributed by atoms with Crippen molar-refractivity contribution in [1.82, 2.24) is 15.0 Å². The fourth-order valence-corrected chi connectivity index (χ4v) is 1.78. The minimum Gasteiger partial charge on any atom is -0.493 e. The zero-order valence-electron chi connectivity index (χ0n) is 9.58. The maximum Gasteiger partial charge on any atom is 0.218 e. The SMILES string of the molecule is Oc1cc(O)nc(-c2ccc3c(F)cccc3n2)n1. The van der Waals surface area contributed by atoms with E-state index in [2.05, 4.69) is 15.0 Å². The number of aromatic nitrogens is 3. The van der Waals surface area contributed by atoms with Crippen LogP contribution in [-0.2, 0) is 0 Å². The van der Waals surface area contributed by atoms with Crippen LogP contribution < -0.4 is 0 Å². The molecule has 0 radical (unpaired) electrons. The number of pyridine rings is 1. The summed E-state index contributed by atoms with van der Waals surface area (Å²) in [6.45, 7) is 0. The van der Waals surface area contributed by atoms with Gasteiger partial charge in [-0.2, -0.15) is 9.97 Å².